The summed E-state index contributed by atoms with van der Waals surface area (Å²) in [4.78, 5) is 32.2. The minimum Gasteiger partial charge on any atom is -0.507 e. The second-order valence-corrected chi connectivity index (χ2v) is 9.59. The molecular weight excluding hydrogens is 464 g/mol. The van der Waals surface area contributed by atoms with Crippen molar-refractivity contribution in [2.75, 3.05) is 11.5 Å². The maximum atomic E-state index is 13.3. The van der Waals surface area contributed by atoms with Crippen molar-refractivity contribution in [3.8, 4) is 11.5 Å². The fourth-order valence-electron chi connectivity index (χ4n) is 4.51. The number of carbonyl (C=O) groups is 2. The Hall–Kier alpha value is -3.65. The van der Waals surface area contributed by atoms with Crippen molar-refractivity contribution < 1.29 is 24.2 Å². The van der Waals surface area contributed by atoms with E-state index >= 15 is 0 Å². The lowest BCUT2D eigenvalue weighted by Gasteiger charge is -2.23. The molecule has 2 aliphatic heterocycles. The molecule has 3 heterocycles. The molecule has 8 heteroatoms. The second kappa shape index (κ2) is 9.54. The standard InChI is InChI=1S/C27H26N2O5S/c1-3-4-11-33-20-7-5-6-17(15-20)23-22(25(31)26(32)29(23)27-28-10-12-35-27)24(30)18-8-9-21-19(14-18)13-16(2)34-21/h5-10,12,14-16,23,30H,3-4,11,13H2,1-2H3/b24-22+/t16-,23-/m0/s1. The average molecular weight is 491 g/mol. The van der Waals surface area contributed by atoms with Crippen molar-refractivity contribution in [1.29, 1.82) is 0 Å². The van der Waals surface area contributed by atoms with E-state index in [0.29, 0.717) is 35.0 Å². The molecule has 0 unspecified atom stereocenters. The number of aliphatic hydroxyl groups excluding tert-OH is 1. The minimum atomic E-state index is -0.834. The number of aromatic nitrogens is 1. The van der Waals surface area contributed by atoms with Gasteiger partial charge in [0, 0.05) is 23.6 Å². The van der Waals surface area contributed by atoms with Gasteiger partial charge < -0.3 is 14.6 Å². The van der Waals surface area contributed by atoms with Gasteiger partial charge in [-0.2, -0.15) is 0 Å². The van der Waals surface area contributed by atoms with Crippen LogP contribution in [0.2, 0.25) is 0 Å². The van der Waals surface area contributed by atoms with Gasteiger partial charge in [-0.1, -0.05) is 25.5 Å². The number of fused-ring (bicyclic) bond motifs is 1. The number of carbonyl (C=O) groups excluding carboxylic acids is 2. The predicted octanol–water partition coefficient (Wildman–Crippen LogP) is 5.27. The van der Waals surface area contributed by atoms with Crippen LogP contribution in [0.3, 0.4) is 0 Å². The van der Waals surface area contributed by atoms with Crippen LogP contribution in [0.15, 0.2) is 59.6 Å². The Morgan fingerprint density at radius 2 is 2.11 bits per heavy atom. The lowest BCUT2D eigenvalue weighted by atomic mass is 9.94. The van der Waals surface area contributed by atoms with E-state index in [-0.39, 0.29) is 17.4 Å². The number of Topliss-reactive ketones (excluding diaryl/α,β-unsaturated/α-hetero) is 1. The number of rotatable bonds is 7. The Kier molecular flexibility index (Phi) is 6.30. The quantitative estimate of drug-likeness (QED) is 0.210. The Morgan fingerprint density at radius 3 is 2.89 bits per heavy atom. The summed E-state index contributed by atoms with van der Waals surface area (Å²) in [5, 5.41) is 13.5. The Bertz CT molecular complexity index is 1300. The normalized spacial score (nSPS) is 20.7. The van der Waals surface area contributed by atoms with Gasteiger partial charge in [-0.25, -0.2) is 4.98 Å². The highest BCUT2D eigenvalue weighted by molar-refractivity contribution is 7.14. The van der Waals surface area contributed by atoms with Crippen LogP contribution in [0.25, 0.3) is 5.76 Å². The van der Waals surface area contributed by atoms with Crippen LogP contribution in [0, 0.1) is 0 Å². The van der Waals surface area contributed by atoms with Crippen molar-refractivity contribution in [1.82, 2.24) is 4.98 Å². The highest BCUT2D eigenvalue weighted by Crippen LogP contribution is 2.44. The van der Waals surface area contributed by atoms with Gasteiger partial charge in [0.25, 0.3) is 5.78 Å². The number of hydrogen-bond donors (Lipinski definition) is 1. The summed E-state index contributed by atoms with van der Waals surface area (Å²) in [7, 11) is 0. The third kappa shape index (κ3) is 4.30. The number of nitrogens with zero attached hydrogens (tertiary/aromatic N) is 2. The van der Waals surface area contributed by atoms with Gasteiger partial charge in [-0.15, -0.1) is 11.3 Å². The molecule has 7 nitrogen and oxygen atoms in total. The summed E-state index contributed by atoms with van der Waals surface area (Å²) in [6.07, 6.45) is 4.28. The van der Waals surface area contributed by atoms with Crippen molar-refractivity contribution >= 4 is 33.9 Å². The van der Waals surface area contributed by atoms with E-state index in [1.54, 1.807) is 23.7 Å². The molecule has 2 aliphatic rings. The van der Waals surface area contributed by atoms with Gasteiger partial charge in [0.05, 0.1) is 18.2 Å². The topological polar surface area (TPSA) is 89.0 Å². The van der Waals surface area contributed by atoms with Crippen molar-refractivity contribution in [2.24, 2.45) is 0 Å². The molecule has 0 aliphatic carbocycles. The summed E-state index contributed by atoms with van der Waals surface area (Å²) in [5.41, 5.74) is 2.12. The summed E-state index contributed by atoms with van der Waals surface area (Å²) in [5.74, 6) is -0.269. The predicted molar refractivity (Wildman–Crippen MR) is 134 cm³/mol. The van der Waals surface area contributed by atoms with Crippen LogP contribution in [0.1, 0.15) is 49.4 Å². The molecule has 3 aromatic rings. The maximum Gasteiger partial charge on any atom is 0.301 e. The molecule has 1 saturated heterocycles. The number of anilines is 1. The molecule has 1 N–H and O–H groups in total. The lowest BCUT2D eigenvalue weighted by molar-refractivity contribution is -0.132. The first-order valence-electron chi connectivity index (χ1n) is 11.7. The number of unbranched alkanes of at least 4 members (excludes halogenated alkanes) is 1. The van der Waals surface area contributed by atoms with Crippen LogP contribution in [0.4, 0.5) is 5.13 Å². The van der Waals surface area contributed by atoms with Crippen LogP contribution >= 0.6 is 11.3 Å². The number of amides is 1. The molecule has 1 fully saturated rings. The van der Waals surface area contributed by atoms with Gasteiger partial charge in [0.15, 0.2) is 5.13 Å². The first-order valence-corrected chi connectivity index (χ1v) is 12.6. The molecule has 180 valence electrons. The van der Waals surface area contributed by atoms with Crippen molar-refractivity contribution in [3.05, 3.63) is 76.3 Å². The fourth-order valence-corrected chi connectivity index (χ4v) is 5.18. The van der Waals surface area contributed by atoms with Gasteiger partial charge in [0.1, 0.15) is 23.4 Å². The Morgan fingerprint density at radius 1 is 1.26 bits per heavy atom. The monoisotopic (exact) mass is 490 g/mol. The number of benzene rings is 2. The van der Waals surface area contributed by atoms with E-state index in [1.807, 2.05) is 37.3 Å². The Labute approximate surface area is 207 Å². The summed E-state index contributed by atoms with van der Waals surface area (Å²) >= 11 is 1.26. The van der Waals surface area contributed by atoms with E-state index < -0.39 is 17.7 Å². The van der Waals surface area contributed by atoms with E-state index in [9.17, 15) is 14.7 Å². The molecule has 0 radical (unpaired) electrons. The van der Waals surface area contributed by atoms with Crippen LogP contribution in [-0.4, -0.2) is 34.5 Å². The second-order valence-electron chi connectivity index (χ2n) is 8.71. The zero-order valence-electron chi connectivity index (χ0n) is 19.6. The molecule has 1 aromatic heterocycles. The molecular formula is C27H26N2O5S. The SMILES string of the molecule is CCCCOc1cccc([C@H]2/C(=C(\O)c3ccc4c(c3)C[C@H](C)O4)C(=O)C(=O)N2c2nccs2)c1. The van der Waals surface area contributed by atoms with E-state index in [1.165, 1.54) is 16.2 Å². The molecule has 0 spiro atoms. The molecule has 2 atom stereocenters. The zero-order valence-corrected chi connectivity index (χ0v) is 20.4. The minimum absolute atomic E-state index is 0.0304. The highest BCUT2D eigenvalue weighted by atomic mass is 32.1. The van der Waals surface area contributed by atoms with E-state index in [0.717, 1.165) is 24.2 Å². The first-order chi connectivity index (χ1) is 17.0. The van der Waals surface area contributed by atoms with Crippen molar-refractivity contribution in [2.45, 2.75) is 45.3 Å². The van der Waals surface area contributed by atoms with Gasteiger partial charge in [-0.05, 0) is 54.8 Å². The lowest BCUT2D eigenvalue weighted by Crippen LogP contribution is -2.29. The van der Waals surface area contributed by atoms with E-state index in [4.69, 9.17) is 9.47 Å². The molecule has 0 saturated carbocycles. The number of thiazole rings is 1. The zero-order chi connectivity index (χ0) is 24.5. The third-order valence-corrected chi connectivity index (χ3v) is 6.95. The molecule has 0 bridgehead atoms. The van der Waals surface area contributed by atoms with Crippen molar-refractivity contribution in [3.63, 3.8) is 0 Å². The average Bonchev–Trinajstić information content (AvgIpc) is 3.57. The third-order valence-electron chi connectivity index (χ3n) is 6.18. The number of ketones is 1. The largest absolute Gasteiger partial charge is 0.507 e. The van der Waals surface area contributed by atoms with Gasteiger partial charge in [0.2, 0.25) is 0 Å². The van der Waals surface area contributed by atoms with Gasteiger partial charge >= 0.3 is 5.91 Å². The number of ether oxygens (including phenoxy) is 2. The Balaban J connectivity index is 1.62. The van der Waals surface area contributed by atoms with Crippen LogP contribution < -0.4 is 14.4 Å². The number of hydrogen-bond acceptors (Lipinski definition) is 7. The van der Waals surface area contributed by atoms with Crippen LogP contribution in [-0.2, 0) is 16.0 Å². The molecule has 1 amide bonds. The molecule has 35 heavy (non-hydrogen) atoms. The highest BCUT2D eigenvalue weighted by Gasteiger charge is 2.48. The molecule has 2 aromatic carbocycles. The first kappa shape index (κ1) is 23.1. The fraction of sp³-hybridized carbons (Fsp3) is 0.296. The maximum absolute atomic E-state index is 13.3. The van der Waals surface area contributed by atoms with Crippen LogP contribution in [0.5, 0.6) is 11.5 Å². The number of aliphatic hydroxyl groups is 1. The summed E-state index contributed by atoms with van der Waals surface area (Å²) < 4.78 is 11.6. The van der Waals surface area contributed by atoms with Gasteiger partial charge in [-0.3, -0.25) is 14.5 Å². The smallest absolute Gasteiger partial charge is 0.301 e. The summed E-state index contributed by atoms with van der Waals surface area (Å²) in [6.45, 7) is 4.64. The summed E-state index contributed by atoms with van der Waals surface area (Å²) in [6, 6.07) is 11.8. The molecule has 5 rings (SSSR count). The van der Waals surface area contributed by atoms with E-state index in [2.05, 4.69) is 11.9 Å².